The van der Waals surface area contributed by atoms with Crippen molar-refractivity contribution < 1.29 is 9.84 Å². The van der Waals surface area contributed by atoms with Gasteiger partial charge in [0.05, 0.1) is 0 Å². The molecule has 0 radical (unpaired) electrons. The lowest BCUT2D eigenvalue weighted by atomic mass is 9.86. The quantitative estimate of drug-likeness (QED) is 0.840. The predicted molar refractivity (Wildman–Crippen MR) is 82.4 cm³/mol. The molecule has 0 heterocycles. The number of hydrogen-bond acceptors (Lipinski definition) is 3. The summed E-state index contributed by atoms with van der Waals surface area (Å²) in [5.74, 6) is 0.863. The van der Waals surface area contributed by atoms with Crippen LogP contribution in [0, 0.1) is 0 Å². The highest BCUT2D eigenvalue weighted by atomic mass is 16.5. The SMILES string of the molecule is CC(C)NCC(O)COc1ccc2c(c1)C(C)(C)CC2. The van der Waals surface area contributed by atoms with Crippen molar-refractivity contribution in [3.05, 3.63) is 29.3 Å². The Kier molecular flexibility index (Phi) is 4.71. The summed E-state index contributed by atoms with van der Waals surface area (Å²) in [6.45, 7) is 9.59. The molecule has 1 aromatic carbocycles. The summed E-state index contributed by atoms with van der Waals surface area (Å²) < 4.78 is 5.73. The largest absolute Gasteiger partial charge is 0.491 e. The molecule has 0 aliphatic heterocycles. The molecule has 0 fully saturated rings. The Morgan fingerprint density at radius 1 is 1.35 bits per heavy atom. The van der Waals surface area contributed by atoms with Crippen molar-refractivity contribution in [2.45, 2.75) is 58.1 Å². The number of ether oxygens (including phenoxy) is 1. The first kappa shape index (κ1) is 15.3. The Bertz CT molecular complexity index is 454. The van der Waals surface area contributed by atoms with E-state index in [1.807, 2.05) is 6.07 Å². The van der Waals surface area contributed by atoms with Crippen LogP contribution in [0.2, 0.25) is 0 Å². The fourth-order valence-electron chi connectivity index (χ4n) is 2.70. The lowest BCUT2D eigenvalue weighted by Crippen LogP contribution is -2.35. The summed E-state index contributed by atoms with van der Waals surface area (Å²) >= 11 is 0. The van der Waals surface area contributed by atoms with Crippen molar-refractivity contribution in [3.8, 4) is 5.75 Å². The Labute approximate surface area is 122 Å². The number of aliphatic hydroxyl groups is 1. The van der Waals surface area contributed by atoms with E-state index in [1.165, 1.54) is 17.5 Å². The minimum absolute atomic E-state index is 0.243. The molecular formula is C17H27NO2. The highest BCUT2D eigenvalue weighted by molar-refractivity contribution is 5.43. The van der Waals surface area contributed by atoms with Crippen LogP contribution in [0.4, 0.5) is 0 Å². The Balaban J connectivity index is 1.91. The monoisotopic (exact) mass is 277 g/mol. The zero-order valence-electron chi connectivity index (χ0n) is 13.1. The molecule has 0 saturated heterocycles. The predicted octanol–water partition coefficient (Wildman–Crippen LogP) is 2.65. The third-order valence-electron chi connectivity index (χ3n) is 4.03. The lowest BCUT2D eigenvalue weighted by Gasteiger charge is -2.20. The van der Waals surface area contributed by atoms with Gasteiger partial charge >= 0.3 is 0 Å². The Morgan fingerprint density at radius 2 is 2.10 bits per heavy atom. The summed E-state index contributed by atoms with van der Waals surface area (Å²) in [4.78, 5) is 0. The average molecular weight is 277 g/mol. The molecule has 1 aliphatic carbocycles. The van der Waals surface area contributed by atoms with Gasteiger partial charge < -0.3 is 15.2 Å². The van der Waals surface area contributed by atoms with Crippen LogP contribution in [0.1, 0.15) is 45.2 Å². The highest BCUT2D eigenvalue weighted by Crippen LogP contribution is 2.39. The molecule has 0 bridgehead atoms. The average Bonchev–Trinajstić information content (AvgIpc) is 2.70. The van der Waals surface area contributed by atoms with E-state index in [4.69, 9.17) is 4.74 Å². The highest BCUT2D eigenvalue weighted by Gasteiger charge is 2.29. The second kappa shape index (κ2) is 6.15. The maximum Gasteiger partial charge on any atom is 0.119 e. The molecule has 1 aliphatic rings. The van der Waals surface area contributed by atoms with Gasteiger partial charge in [0.15, 0.2) is 0 Å². The van der Waals surface area contributed by atoms with Gasteiger partial charge in [0, 0.05) is 12.6 Å². The summed E-state index contributed by atoms with van der Waals surface area (Å²) in [7, 11) is 0. The van der Waals surface area contributed by atoms with Gasteiger partial charge in [-0.2, -0.15) is 0 Å². The topological polar surface area (TPSA) is 41.5 Å². The molecule has 0 saturated carbocycles. The van der Waals surface area contributed by atoms with E-state index in [9.17, 15) is 5.11 Å². The molecule has 1 aromatic rings. The second-order valence-electron chi connectivity index (χ2n) is 6.73. The third-order valence-corrected chi connectivity index (χ3v) is 4.03. The number of aliphatic hydroxyl groups excluding tert-OH is 1. The van der Waals surface area contributed by atoms with Crippen molar-refractivity contribution in [1.29, 1.82) is 0 Å². The van der Waals surface area contributed by atoms with Gasteiger partial charge in [0.2, 0.25) is 0 Å². The number of nitrogens with one attached hydrogen (secondary N) is 1. The Morgan fingerprint density at radius 3 is 2.80 bits per heavy atom. The molecule has 0 amide bonds. The summed E-state index contributed by atoms with van der Waals surface area (Å²) in [5, 5.41) is 13.1. The maximum absolute atomic E-state index is 9.87. The molecule has 1 atom stereocenters. The number of aryl methyl sites for hydroxylation is 1. The van der Waals surface area contributed by atoms with Crippen molar-refractivity contribution >= 4 is 0 Å². The van der Waals surface area contributed by atoms with Crippen molar-refractivity contribution in [3.63, 3.8) is 0 Å². The van der Waals surface area contributed by atoms with Crippen LogP contribution in [0.3, 0.4) is 0 Å². The van der Waals surface area contributed by atoms with Gasteiger partial charge in [-0.3, -0.25) is 0 Å². The molecule has 2 N–H and O–H groups in total. The Hall–Kier alpha value is -1.06. The van der Waals surface area contributed by atoms with Crippen molar-refractivity contribution in [2.75, 3.05) is 13.2 Å². The summed E-state index contributed by atoms with van der Waals surface area (Å²) in [5.41, 5.74) is 3.07. The van der Waals surface area contributed by atoms with Crippen LogP contribution in [0.5, 0.6) is 5.75 Å². The number of fused-ring (bicyclic) bond motifs is 1. The standard InChI is InChI=1S/C17H27NO2/c1-12(2)18-10-14(19)11-20-15-6-5-13-7-8-17(3,4)16(13)9-15/h5-6,9,12,14,18-19H,7-8,10-11H2,1-4H3. The summed E-state index contributed by atoms with van der Waals surface area (Å²) in [6, 6.07) is 6.71. The zero-order chi connectivity index (χ0) is 14.8. The second-order valence-corrected chi connectivity index (χ2v) is 6.73. The fraction of sp³-hybridized carbons (Fsp3) is 0.647. The van der Waals surface area contributed by atoms with E-state index >= 15 is 0 Å². The molecule has 3 nitrogen and oxygen atoms in total. The van der Waals surface area contributed by atoms with Gasteiger partial charge in [-0.15, -0.1) is 0 Å². The van der Waals surface area contributed by atoms with Crippen LogP contribution in [-0.4, -0.2) is 30.4 Å². The fourth-order valence-corrected chi connectivity index (χ4v) is 2.70. The maximum atomic E-state index is 9.87. The van der Waals surface area contributed by atoms with E-state index in [0.717, 1.165) is 12.2 Å². The van der Waals surface area contributed by atoms with Crippen molar-refractivity contribution in [2.24, 2.45) is 0 Å². The van der Waals surface area contributed by atoms with E-state index in [2.05, 4.69) is 45.1 Å². The molecule has 0 spiro atoms. The summed E-state index contributed by atoms with van der Waals surface area (Å²) in [6.07, 6.45) is 1.88. The van der Waals surface area contributed by atoms with Crippen LogP contribution in [0.15, 0.2) is 18.2 Å². The van der Waals surface area contributed by atoms with Crippen LogP contribution in [-0.2, 0) is 11.8 Å². The number of rotatable bonds is 6. The molecule has 3 heteroatoms. The van der Waals surface area contributed by atoms with E-state index < -0.39 is 6.10 Å². The van der Waals surface area contributed by atoms with Crippen LogP contribution < -0.4 is 10.1 Å². The van der Waals surface area contributed by atoms with Crippen LogP contribution >= 0.6 is 0 Å². The molecular weight excluding hydrogens is 250 g/mol. The van der Waals surface area contributed by atoms with E-state index in [0.29, 0.717) is 19.2 Å². The third kappa shape index (κ3) is 3.74. The normalized spacial score (nSPS) is 18.1. The molecule has 2 rings (SSSR count). The molecule has 0 aromatic heterocycles. The molecule has 20 heavy (non-hydrogen) atoms. The van der Waals surface area contributed by atoms with Gasteiger partial charge in [0.1, 0.15) is 18.5 Å². The van der Waals surface area contributed by atoms with Gasteiger partial charge in [-0.25, -0.2) is 0 Å². The minimum Gasteiger partial charge on any atom is -0.491 e. The lowest BCUT2D eigenvalue weighted by molar-refractivity contribution is 0.104. The zero-order valence-corrected chi connectivity index (χ0v) is 13.1. The van der Waals surface area contributed by atoms with Crippen molar-refractivity contribution in [1.82, 2.24) is 5.32 Å². The number of hydrogen-bond donors (Lipinski definition) is 2. The molecule has 112 valence electrons. The minimum atomic E-state index is -0.473. The van der Waals surface area contributed by atoms with Gasteiger partial charge in [0.25, 0.3) is 0 Å². The number of benzene rings is 1. The first-order valence-electron chi connectivity index (χ1n) is 7.56. The van der Waals surface area contributed by atoms with E-state index in [1.54, 1.807) is 0 Å². The first-order valence-corrected chi connectivity index (χ1v) is 7.56. The van der Waals surface area contributed by atoms with Gasteiger partial charge in [-0.05, 0) is 41.5 Å². The van der Waals surface area contributed by atoms with Gasteiger partial charge in [-0.1, -0.05) is 33.8 Å². The van der Waals surface area contributed by atoms with E-state index in [-0.39, 0.29) is 5.41 Å². The first-order chi connectivity index (χ1) is 9.38. The smallest absolute Gasteiger partial charge is 0.119 e. The molecule has 1 unspecified atom stereocenters. The van der Waals surface area contributed by atoms with Crippen LogP contribution in [0.25, 0.3) is 0 Å².